The van der Waals surface area contributed by atoms with Crippen LogP contribution in [-0.4, -0.2) is 46.6 Å². The molecule has 1 fully saturated rings. The van der Waals surface area contributed by atoms with Crippen molar-refractivity contribution >= 4 is 17.6 Å². The molecular formula is C12H17ClN4O2. The number of hydrogen-bond acceptors (Lipinski definition) is 4. The molecule has 2 amide bonds. The van der Waals surface area contributed by atoms with E-state index in [1.165, 1.54) is 12.4 Å². The Labute approximate surface area is 117 Å². The zero-order chi connectivity index (χ0) is 13.7. The first-order valence-electron chi connectivity index (χ1n) is 6.36. The first-order chi connectivity index (χ1) is 9.19. The quantitative estimate of drug-likeness (QED) is 0.917. The molecule has 0 radical (unpaired) electrons. The van der Waals surface area contributed by atoms with E-state index >= 15 is 0 Å². The molecule has 0 aliphatic carbocycles. The Morgan fingerprint density at radius 2 is 2.32 bits per heavy atom. The summed E-state index contributed by atoms with van der Waals surface area (Å²) in [6.45, 7) is 3.84. The summed E-state index contributed by atoms with van der Waals surface area (Å²) in [5.74, 6) is 0. The number of piperidine rings is 1. The maximum Gasteiger partial charge on any atom is 0.317 e. The van der Waals surface area contributed by atoms with E-state index in [2.05, 4.69) is 15.3 Å². The van der Waals surface area contributed by atoms with E-state index in [1.807, 2.05) is 6.92 Å². The molecule has 104 valence electrons. The number of aromatic nitrogens is 2. The molecule has 0 spiro atoms. The van der Waals surface area contributed by atoms with Crippen molar-refractivity contribution in [1.82, 2.24) is 20.2 Å². The number of carbonyl (C=O) groups excluding carboxylic acids is 1. The van der Waals surface area contributed by atoms with Crippen molar-refractivity contribution in [1.29, 1.82) is 0 Å². The van der Waals surface area contributed by atoms with Gasteiger partial charge in [0, 0.05) is 13.1 Å². The van der Waals surface area contributed by atoms with Crippen LogP contribution in [0.2, 0.25) is 5.02 Å². The third-order valence-electron chi connectivity index (χ3n) is 2.86. The lowest BCUT2D eigenvalue weighted by Gasteiger charge is -2.32. The highest BCUT2D eigenvalue weighted by Gasteiger charge is 2.25. The number of amides is 2. The van der Waals surface area contributed by atoms with Crippen LogP contribution in [0.1, 0.15) is 19.8 Å². The van der Waals surface area contributed by atoms with E-state index in [9.17, 15) is 4.79 Å². The van der Waals surface area contributed by atoms with Crippen LogP contribution < -0.4 is 10.1 Å². The minimum Gasteiger partial charge on any atom is -0.458 e. The molecule has 19 heavy (non-hydrogen) atoms. The summed E-state index contributed by atoms with van der Waals surface area (Å²) >= 11 is 5.71. The number of nitrogens with zero attached hydrogens (tertiary/aromatic N) is 3. The molecule has 1 aromatic heterocycles. The summed E-state index contributed by atoms with van der Waals surface area (Å²) in [4.78, 5) is 21.5. The van der Waals surface area contributed by atoms with Crippen molar-refractivity contribution in [3.63, 3.8) is 0 Å². The van der Waals surface area contributed by atoms with Crippen LogP contribution in [0.3, 0.4) is 0 Å². The van der Waals surface area contributed by atoms with Crippen LogP contribution in [0.4, 0.5) is 4.79 Å². The third kappa shape index (κ3) is 3.96. The van der Waals surface area contributed by atoms with Crippen LogP contribution in [0.25, 0.3) is 0 Å². The average molecular weight is 285 g/mol. The van der Waals surface area contributed by atoms with Crippen molar-refractivity contribution in [3.8, 4) is 6.01 Å². The molecule has 1 aliphatic heterocycles. The van der Waals surface area contributed by atoms with Gasteiger partial charge in [0.25, 0.3) is 0 Å². The topological polar surface area (TPSA) is 67.4 Å². The van der Waals surface area contributed by atoms with Crippen molar-refractivity contribution in [3.05, 3.63) is 17.4 Å². The van der Waals surface area contributed by atoms with Gasteiger partial charge in [-0.15, -0.1) is 0 Å². The zero-order valence-corrected chi connectivity index (χ0v) is 11.6. The van der Waals surface area contributed by atoms with Crippen molar-refractivity contribution in [2.24, 2.45) is 0 Å². The summed E-state index contributed by atoms with van der Waals surface area (Å²) in [6, 6.07) is 0.250. The molecular weight excluding hydrogens is 268 g/mol. The third-order valence-corrected chi connectivity index (χ3v) is 3.06. The van der Waals surface area contributed by atoms with Gasteiger partial charge in [0.1, 0.15) is 6.10 Å². The minimum absolute atomic E-state index is 0.0483. The van der Waals surface area contributed by atoms with E-state index in [0.717, 1.165) is 19.4 Å². The lowest BCUT2D eigenvalue weighted by molar-refractivity contribution is 0.0941. The van der Waals surface area contributed by atoms with Gasteiger partial charge in [0.05, 0.1) is 24.0 Å². The van der Waals surface area contributed by atoms with Gasteiger partial charge in [0.15, 0.2) is 0 Å². The first kappa shape index (κ1) is 13.9. The summed E-state index contributed by atoms with van der Waals surface area (Å²) < 4.78 is 5.67. The summed E-state index contributed by atoms with van der Waals surface area (Å²) in [5.41, 5.74) is 0. The number of halogens is 1. The van der Waals surface area contributed by atoms with Crippen LogP contribution in [-0.2, 0) is 0 Å². The van der Waals surface area contributed by atoms with Crippen LogP contribution in [0, 0.1) is 0 Å². The molecule has 0 aromatic carbocycles. The van der Waals surface area contributed by atoms with Crippen molar-refractivity contribution in [2.45, 2.75) is 25.9 Å². The fourth-order valence-corrected chi connectivity index (χ4v) is 2.09. The maximum absolute atomic E-state index is 11.8. The molecule has 1 atom stereocenters. The SMILES string of the molecule is CCNC(=O)N1CCC[C@H](Oc2ncc(Cl)cn2)C1. The highest BCUT2D eigenvalue weighted by atomic mass is 35.5. The zero-order valence-electron chi connectivity index (χ0n) is 10.8. The number of rotatable bonds is 3. The lowest BCUT2D eigenvalue weighted by Crippen LogP contribution is -2.48. The van der Waals surface area contributed by atoms with Gasteiger partial charge in [-0.1, -0.05) is 11.6 Å². The van der Waals surface area contributed by atoms with Crippen LogP contribution in [0.15, 0.2) is 12.4 Å². The fraction of sp³-hybridized carbons (Fsp3) is 0.583. The number of nitrogens with one attached hydrogen (secondary N) is 1. The minimum atomic E-state index is -0.0717. The molecule has 0 bridgehead atoms. The van der Waals surface area contributed by atoms with Gasteiger partial charge < -0.3 is 15.0 Å². The molecule has 1 aliphatic rings. The fourth-order valence-electron chi connectivity index (χ4n) is 1.99. The molecule has 1 N–H and O–H groups in total. The number of urea groups is 1. The second kappa shape index (κ2) is 6.56. The number of hydrogen-bond donors (Lipinski definition) is 1. The molecule has 6 nitrogen and oxygen atoms in total. The van der Waals surface area contributed by atoms with Crippen molar-refractivity contribution in [2.75, 3.05) is 19.6 Å². The molecule has 7 heteroatoms. The standard InChI is InChI=1S/C12H17ClN4O2/c1-2-14-12(18)17-5-3-4-10(8-17)19-11-15-6-9(13)7-16-11/h6-7,10H,2-5,8H2,1H3,(H,14,18)/t10-/m0/s1. The molecule has 1 aromatic rings. The van der Waals surface area contributed by atoms with E-state index in [0.29, 0.717) is 24.1 Å². The largest absolute Gasteiger partial charge is 0.458 e. The smallest absolute Gasteiger partial charge is 0.317 e. The highest BCUT2D eigenvalue weighted by molar-refractivity contribution is 6.30. The lowest BCUT2D eigenvalue weighted by atomic mass is 10.1. The van der Waals surface area contributed by atoms with Crippen molar-refractivity contribution < 1.29 is 9.53 Å². The monoisotopic (exact) mass is 284 g/mol. The molecule has 0 saturated carbocycles. The highest BCUT2D eigenvalue weighted by Crippen LogP contribution is 2.16. The molecule has 1 saturated heterocycles. The van der Waals surface area contributed by atoms with E-state index in [-0.39, 0.29) is 12.1 Å². The van der Waals surface area contributed by atoms with Gasteiger partial charge in [-0.05, 0) is 19.8 Å². The Kier molecular flexibility index (Phi) is 4.79. The summed E-state index contributed by atoms with van der Waals surface area (Å²) in [7, 11) is 0. The molecule has 2 heterocycles. The van der Waals surface area contributed by atoms with Crippen LogP contribution >= 0.6 is 11.6 Å². The normalized spacial score (nSPS) is 19.1. The predicted octanol–water partition coefficient (Wildman–Crippen LogP) is 1.70. The number of likely N-dealkylation sites (tertiary alicyclic amines) is 1. The Morgan fingerprint density at radius 1 is 1.58 bits per heavy atom. The molecule has 0 unspecified atom stereocenters. The van der Waals surface area contributed by atoms with Gasteiger partial charge in [-0.3, -0.25) is 0 Å². The Bertz CT molecular complexity index is 426. The second-order valence-corrected chi connectivity index (χ2v) is 4.78. The number of carbonyl (C=O) groups is 1. The van der Waals surface area contributed by atoms with E-state index in [1.54, 1.807) is 4.90 Å². The van der Waals surface area contributed by atoms with Gasteiger partial charge in [-0.2, -0.15) is 0 Å². The second-order valence-electron chi connectivity index (χ2n) is 4.35. The Hall–Kier alpha value is -1.56. The van der Waals surface area contributed by atoms with Gasteiger partial charge in [-0.25, -0.2) is 14.8 Å². The Morgan fingerprint density at radius 3 is 3.00 bits per heavy atom. The summed E-state index contributed by atoms with van der Waals surface area (Å²) in [6.07, 6.45) is 4.72. The summed E-state index contributed by atoms with van der Waals surface area (Å²) in [5, 5.41) is 3.26. The van der Waals surface area contributed by atoms with Gasteiger partial charge >= 0.3 is 12.0 Å². The van der Waals surface area contributed by atoms with Gasteiger partial charge in [0.2, 0.25) is 0 Å². The maximum atomic E-state index is 11.8. The van der Waals surface area contributed by atoms with Crippen LogP contribution in [0.5, 0.6) is 6.01 Å². The average Bonchev–Trinajstić information content (AvgIpc) is 2.42. The number of ether oxygens (including phenoxy) is 1. The molecule has 2 rings (SSSR count). The van der Waals surface area contributed by atoms with E-state index < -0.39 is 0 Å². The van der Waals surface area contributed by atoms with E-state index in [4.69, 9.17) is 16.3 Å². The predicted molar refractivity (Wildman–Crippen MR) is 71.3 cm³/mol. The Balaban J connectivity index is 1.90. The first-order valence-corrected chi connectivity index (χ1v) is 6.74.